The van der Waals surface area contributed by atoms with E-state index in [2.05, 4.69) is 42.2 Å². The van der Waals surface area contributed by atoms with Crippen LogP contribution in [0.15, 0.2) is 57.9 Å². The van der Waals surface area contributed by atoms with Crippen molar-refractivity contribution < 1.29 is 9.90 Å². The molecule has 9 nitrogen and oxygen atoms in total. The normalized spacial score (nSPS) is 14.7. The van der Waals surface area contributed by atoms with Crippen molar-refractivity contribution in [3.8, 4) is 11.4 Å². The number of hydrogen-bond acceptors (Lipinski definition) is 6. The fraction of sp³-hybridized carbons (Fsp3) is 0.296. The molecule has 1 saturated heterocycles. The third-order valence-corrected chi connectivity index (χ3v) is 7.26. The first-order chi connectivity index (χ1) is 17.8. The van der Waals surface area contributed by atoms with Crippen LogP contribution in [0.5, 0.6) is 0 Å². The average molecular weight is 565 g/mol. The predicted molar refractivity (Wildman–Crippen MR) is 149 cm³/mol. The highest BCUT2D eigenvalue weighted by Gasteiger charge is 2.21. The number of nitrogens with one attached hydrogen (secondary N) is 3. The van der Waals surface area contributed by atoms with Gasteiger partial charge in [0.15, 0.2) is 0 Å². The van der Waals surface area contributed by atoms with Crippen molar-refractivity contribution in [1.82, 2.24) is 19.9 Å². The summed E-state index contributed by atoms with van der Waals surface area (Å²) >= 11 is 3.43. The number of imidazole rings is 1. The lowest BCUT2D eigenvalue weighted by Gasteiger charge is -2.35. The van der Waals surface area contributed by atoms with E-state index in [-0.39, 0.29) is 18.0 Å². The van der Waals surface area contributed by atoms with Crippen LogP contribution in [0, 0.1) is 6.92 Å². The summed E-state index contributed by atoms with van der Waals surface area (Å²) in [5.74, 6) is 0.559. The second kappa shape index (κ2) is 10.4. The maximum Gasteiger partial charge on any atom is 0.261 e. The van der Waals surface area contributed by atoms with Crippen LogP contribution in [-0.4, -0.2) is 63.6 Å². The number of aryl methyl sites for hydroxylation is 1. The quantitative estimate of drug-likeness (QED) is 0.283. The van der Waals surface area contributed by atoms with Gasteiger partial charge in [-0.05, 0) is 48.4 Å². The molecule has 0 radical (unpaired) electrons. The molecule has 1 unspecified atom stereocenters. The summed E-state index contributed by atoms with van der Waals surface area (Å²) in [5, 5.41) is 13.9. The van der Waals surface area contributed by atoms with Crippen molar-refractivity contribution in [1.29, 1.82) is 0 Å². The number of carbonyl (C=O) groups excluding carboxylic acids is 1. The topological polar surface area (TPSA) is 117 Å². The number of aromatic nitrogens is 3. The smallest absolute Gasteiger partial charge is 0.261 e. The molecule has 0 saturated carbocycles. The minimum absolute atomic E-state index is 0.103. The molecule has 1 fully saturated rings. The molecule has 5 rings (SSSR count). The van der Waals surface area contributed by atoms with Crippen molar-refractivity contribution in [3.63, 3.8) is 0 Å². The number of nitrogens with zero attached hydrogens (tertiary/aromatic N) is 3. The Balaban J connectivity index is 1.42. The van der Waals surface area contributed by atoms with E-state index in [0.717, 1.165) is 45.4 Å². The molecular formula is C27H29BrN6O3. The van der Waals surface area contributed by atoms with E-state index in [9.17, 15) is 14.7 Å². The summed E-state index contributed by atoms with van der Waals surface area (Å²) in [6.07, 6.45) is 0.820. The van der Waals surface area contributed by atoms with Crippen LogP contribution >= 0.6 is 15.9 Å². The van der Waals surface area contributed by atoms with Gasteiger partial charge < -0.3 is 30.2 Å². The molecule has 0 bridgehead atoms. The van der Waals surface area contributed by atoms with Crippen molar-refractivity contribution in [3.05, 3.63) is 74.6 Å². The first-order valence-electron chi connectivity index (χ1n) is 12.2. The van der Waals surface area contributed by atoms with E-state index in [4.69, 9.17) is 4.98 Å². The van der Waals surface area contributed by atoms with Crippen LogP contribution in [0.3, 0.4) is 0 Å². The van der Waals surface area contributed by atoms with Gasteiger partial charge in [0, 0.05) is 56.0 Å². The fourth-order valence-corrected chi connectivity index (χ4v) is 5.17. The van der Waals surface area contributed by atoms with Crippen LogP contribution < -0.4 is 15.8 Å². The van der Waals surface area contributed by atoms with Gasteiger partial charge in [0.2, 0.25) is 5.91 Å². The molecule has 3 heterocycles. The highest BCUT2D eigenvalue weighted by molar-refractivity contribution is 9.10. The van der Waals surface area contributed by atoms with Gasteiger partial charge >= 0.3 is 0 Å². The molecule has 2 aromatic heterocycles. The van der Waals surface area contributed by atoms with Crippen molar-refractivity contribution in [2.24, 2.45) is 0 Å². The second-order valence-corrected chi connectivity index (χ2v) is 10.2. The summed E-state index contributed by atoms with van der Waals surface area (Å²) in [6.45, 7) is 6.75. The number of pyridine rings is 1. The molecule has 2 aromatic carbocycles. The van der Waals surface area contributed by atoms with E-state index in [0.29, 0.717) is 30.2 Å². The van der Waals surface area contributed by atoms with Crippen molar-refractivity contribution in [2.45, 2.75) is 20.0 Å². The minimum atomic E-state index is -0.756. The number of aromatic amines is 2. The lowest BCUT2D eigenvalue weighted by molar-refractivity contribution is -0.129. The number of piperazine rings is 1. The average Bonchev–Trinajstić information content (AvgIpc) is 3.31. The highest BCUT2D eigenvalue weighted by atomic mass is 79.9. The Labute approximate surface area is 222 Å². The number of aliphatic hydroxyl groups excluding tert-OH is 1. The first-order valence-corrected chi connectivity index (χ1v) is 13.0. The van der Waals surface area contributed by atoms with E-state index < -0.39 is 6.10 Å². The van der Waals surface area contributed by atoms with Crippen LogP contribution in [0.2, 0.25) is 0 Å². The Hall–Kier alpha value is -3.63. The van der Waals surface area contributed by atoms with Gasteiger partial charge in [-0.3, -0.25) is 9.59 Å². The zero-order chi connectivity index (χ0) is 26.1. The fourth-order valence-electron chi connectivity index (χ4n) is 4.75. The Bertz CT molecular complexity index is 1510. The SMILES string of the molecule is CC(=O)N1CCN(c2cc(C)c3nc(-c4c(NCC(O)c5cccc(Br)c5)cc[nH]c4=O)[nH]c3c2)CC1. The summed E-state index contributed by atoms with van der Waals surface area (Å²) in [7, 11) is 0. The van der Waals surface area contributed by atoms with Gasteiger partial charge in [0.25, 0.3) is 5.56 Å². The van der Waals surface area contributed by atoms with E-state index in [1.807, 2.05) is 42.2 Å². The van der Waals surface area contributed by atoms with Crippen LogP contribution in [0.4, 0.5) is 11.4 Å². The molecule has 37 heavy (non-hydrogen) atoms. The van der Waals surface area contributed by atoms with Gasteiger partial charge in [-0.2, -0.15) is 0 Å². The molecule has 1 atom stereocenters. The summed E-state index contributed by atoms with van der Waals surface area (Å²) in [5.41, 5.74) is 5.14. The number of rotatable bonds is 6. The Morgan fingerprint density at radius 3 is 2.70 bits per heavy atom. The van der Waals surface area contributed by atoms with Crippen molar-refractivity contribution >= 4 is 44.2 Å². The molecule has 0 spiro atoms. The Morgan fingerprint density at radius 2 is 1.97 bits per heavy atom. The lowest BCUT2D eigenvalue weighted by atomic mass is 10.1. The monoisotopic (exact) mass is 564 g/mol. The standard InChI is InChI=1S/C27H29BrN6O3/c1-16-12-20(34-10-8-33(9-11-34)17(2)35)14-22-25(16)32-26(31-22)24-21(6-7-29-27(24)37)30-15-23(36)18-4-3-5-19(28)13-18/h3-7,12-14,23,36H,8-11,15H2,1-2H3,(H,31,32)(H2,29,30,37). The van der Waals surface area contributed by atoms with Crippen LogP contribution in [0.1, 0.15) is 24.2 Å². The predicted octanol–water partition coefficient (Wildman–Crippen LogP) is 3.80. The second-order valence-electron chi connectivity index (χ2n) is 9.28. The maximum atomic E-state index is 12.9. The van der Waals surface area contributed by atoms with Crippen LogP contribution in [0.25, 0.3) is 22.4 Å². The number of fused-ring (bicyclic) bond motifs is 1. The van der Waals surface area contributed by atoms with Gasteiger partial charge in [-0.15, -0.1) is 0 Å². The van der Waals surface area contributed by atoms with Crippen molar-refractivity contribution in [2.75, 3.05) is 42.9 Å². The van der Waals surface area contributed by atoms with E-state index in [1.165, 1.54) is 0 Å². The summed E-state index contributed by atoms with van der Waals surface area (Å²) in [6, 6.07) is 13.4. The number of H-pyrrole nitrogens is 2. The zero-order valence-corrected chi connectivity index (χ0v) is 22.3. The van der Waals surface area contributed by atoms with Gasteiger partial charge in [0.05, 0.1) is 22.8 Å². The summed E-state index contributed by atoms with van der Waals surface area (Å²) in [4.78, 5) is 39.5. The van der Waals surface area contributed by atoms with Gasteiger partial charge in [0.1, 0.15) is 11.4 Å². The number of carbonyl (C=O) groups is 1. The number of aliphatic hydroxyl groups is 1. The lowest BCUT2D eigenvalue weighted by Crippen LogP contribution is -2.48. The Kier molecular flexibility index (Phi) is 7.03. The molecule has 10 heteroatoms. The number of halogens is 1. The van der Waals surface area contributed by atoms with E-state index >= 15 is 0 Å². The molecule has 1 aliphatic heterocycles. The first kappa shape index (κ1) is 25.0. The molecule has 192 valence electrons. The molecule has 0 aliphatic carbocycles. The summed E-state index contributed by atoms with van der Waals surface area (Å²) < 4.78 is 0.888. The number of benzene rings is 2. The third-order valence-electron chi connectivity index (χ3n) is 6.77. The molecule has 1 amide bonds. The number of anilines is 2. The molecular weight excluding hydrogens is 536 g/mol. The van der Waals surface area contributed by atoms with Gasteiger partial charge in [-0.25, -0.2) is 4.98 Å². The third kappa shape index (κ3) is 5.26. The molecule has 4 N–H and O–H groups in total. The molecule has 1 aliphatic rings. The van der Waals surface area contributed by atoms with Gasteiger partial charge in [-0.1, -0.05) is 28.1 Å². The van der Waals surface area contributed by atoms with E-state index in [1.54, 1.807) is 19.2 Å². The highest BCUT2D eigenvalue weighted by Crippen LogP contribution is 2.30. The number of hydrogen-bond donors (Lipinski definition) is 4. The number of amides is 1. The van der Waals surface area contributed by atoms with Crippen LogP contribution in [-0.2, 0) is 4.79 Å². The molecule has 4 aromatic rings. The minimum Gasteiger partial charge on any atom is -0.387 e. The Morgan fingerprint density at radius 1 is 1.19 bits per heavy atom. The maximum absolute atomic E-state index is 12.9. The largest absolute Gasteiger partial charge is 0.387 e. The zero-order valence-electron chi connectivity index (χ0n) is 20.7.